The summed E-state index contributed by atoms with van der Waals surface area (Å²) < 4.78 is 40.6. The molecule has 0 radical (unpaired) electrons. The first-order chi connectivity index (χ1) is 15.4. The third kappa shape index (κ3) is 4.80. The molecule has 8 heteroatoms. The standard InChI is InChI=1S/C24H29F2N3O3/c25-24(26)9-7-18(8-10-24)17-3-5-20(6-4-17)31-16-21-15-29-19(14-28-11-1-2-12-28)13-22(30)27-23(29)32-21/h3-6,13,18,21H,1-2,7-12,14-16H2. The van der Waals surface area contributed by atoms with Gasteiger partial charge < -0.3 is 9.47 Å². The fourth-order valence-corrected chi connectivity index (χ4v) is 4.99. The van der Waals surface area contributed by atoms with Gasteiger partial charge in [-0.3, -0.25) is 14.3 Å². The molecule has 2 aliphatic heterocycles. The number of halogens is 2. The lowest BCUT2D eigenvalue weighted by Gasteiger charge is -2.28. The van der Waals surface area contributed by atoms with Crippen LogP contribution >= 0.6 is 0 Å². The van der Waals surface area contributed by atoms with Crippen molar-refractivity contribution >= 4 is 0 Å². The van der Waals surface area contributed by atoms with E-state index in [1.54, 1.807) is 6.07 Å². The van der Waals surface area contributed by atoms with Gasteiger partial charge in [0.05, 0.1) is 6.54 Å². The Bertz CT molecular complexity index is 993. The van der Waals surface area contributed by atoms with Crippen molar-refractivity contribution in [1.29, 1.82) is 0 Å². The largest absolute Gasteiger partial charge is 0.490 e. The molecule has 1 atom stereocenters. The monoisotopic (exact) mass is 445 g/mol. The molecule has 1 unspecified atom stereocenters. The van der Waals surface area contributed by atoms with Crippen LogP contribution in [0.25, 0.3) is 0 Å². The van der Waals surface area contributed by atoms with E-state index in [1.807, 2.05) is 28.8 Å². The number of alkyl halides is 2. The zero-order valence-corrected chi connectivity index (χ0v) is 18.1. The topological polar surface area (TPSA) is 56.6 Å². The highest BCUT2D eigenvalue weighted by molar-refractivity contribution is 5.30. The van der Waals surface area contributed by atoms with Crippen LogP contribution in [0.3, 0.4) is 0 Å². The first-order valence-electron chi connectivity index (χ1n) is 11.6. The predicted octanol–water partition coefficient (Wildman–Crippen LogP) is 3.97. The molecule has 0 bridgehead atoms. The van der Waals surface area contributed by atoms with E-state index >= 15 is 0 Å². The Labute approximate surface area is 186 Å². The average molecular weight is 446 g/mol. The number of aromatic nitrogens is 2. The fourth-order valence-electron chi connectivity index (χ4n) is 4.99. The van der Waals surface area contributed by atoms with Gasteiger partial charge in [0, 0.05) is 31.1 Å². The Hall–Kier alpha value is -2.48. The summed E-state index contributed by atoms with van der Waals surface area (Å²) in [5, 5.41) is 0. The van der Waals surface area contributed by atoms with Crippen molar-refractivity contribution in [1.82, 2.24) is 14.5 Å². The van der Waals surface area contributed by atoms with Crippen LogP contribution in [0.5, 0.6) is 11.8 Å². The van der Waals surface area contributed by atoms with E-state index in [1.165, 1.54) is 12.8 Å². The second-order valence-electron chi connectivity index (χ2n) is 9.21. The van der Waals surface area contributed by atoms with Gasteiger partial charge in [0.25, 0.3) is 5.56 Å². The molecule has 0 amide bonds. The second kappa shape index (κ2) is 8.81. The lowest BCUT2D eigenvalue weighted by molar-refractivity contribution is -0.0382. The maximum Gasteiger partial charge on any atom is 0.300 e. The number of rotatable bonds is 6. The molecule has 2 aromatic rings. The first kappa shape index (κ1) is 21.4. The van der Waals surface area contributed by atoms with Crippen molar-refractivity contribution in [3.8, 4) is 11.8 Å². The van der Waals surface area contributed by atoms with Gasteiger partial charge in [0.1, 0.15) is 12.4 Å². The van der Waals surface area contributed by atoms with E-state index < -0.39 is 5.92 Å². The highest BCUT2D eigenvalue weighted by Crippen LogP contribution is 2.41. The number of fused-ring (bicyclic) bond motifs is 1. The van der Waals surface area contributed by atoms with Gasteiger partial charge in [-0.15, -0.1) is 0 Å². The molecule has 0 N–H and O–H groups in total. The van der Waals surface area contributed by atoms with Gasteiger partial charge in [-0.05, 0) is 62.4 Å². The molecule has 2 fully saturated rings. The summed E-state index contributed by atoms with van der Waals surface area (Å²) >= 11 is 0. The van der Waals surface area contributed by atoms with E-state index in [2.05, 4.69) is 9.88 Å². The molecule has 5 rings (SSSR count). The van der Waals surface area contributed by atoms with Crippen molar-refractivity contribution in [2.75, 3.05) is 19.7 Å². The summed E-state index contributed by atoms with van der Waals surface area (Å²) in [6, 6.07) is 9.71. The zero-order valence-electron chi connectivity index (χ0n) is 18.1. The maximum absolute atomic E-state index is 13.4. The smallest absolute Gasteiger partial charge is 0.300 e. The summed E-state index contributed by atoms with van der Waals surface area (Å²) in [6.07, 6.45) is 3.14. The number of likely N-dealkylation sites (tertiary alicyclic amines) is 1. The molecule has 1 aromatic carbocycles. The second-order valence-corrected chi connectivity index (χ2v) is 9.21. The molecule has 3 heterocycles. The summed E-state index contributed by atoms with van der Waals surface area (Å²) in [5.41, 5.74) is 1.75. The molecule has 1 saturated carbocycles. The van der Waals surface area contributed by atoms with Gasteiger partial charge in [0.15, 0.2) is 6.10 Å². The third-order valence-corrected chi connectivity index (χ3v) is 6.82. The molecule has 1 aromatic heterocycles. The van der Waals surface area contributed by atoms with Crippen molar-refractivity contribution in [2.24, 2.45) is 0 Å². The molecular weight excluding hydrogens is 416 g/mol. The summed E-state index contributed by atoms with van der Waals surface area (Å²) in [4.78, 5) is 18.4. The van der Waals surface area contributed by atoms with Crippen LogP contribution in [-0.4, -0.2) is 46.2 Å². The van der Waals surface area contributed by atoms with Gasteiger partial charge in [-0.25, -0.2) is 8.78 Å². The number of benzene rings is 1. The molecular formula is C24H29F2N3O3. The van der Waals surface area contributed by atoms with Crippen LogP contribution in [-0.2, 0) is 13.1 Å². The van der Waals surface area contributed by atoms with Crippen LogP contribution in [0.1, 0.15) is 55.7 Å². The number of hydrogen-bond donors (Lipinski definition) is 0. The summed E-state index contributed by atoms with van der Waals surface area (Å²) in [5.74, 6) is -1.60. The molecule has 0 spiro atoms. The van der Waals surface area contributed by atoms with Crippen LogP contribution in [0, 0.1) is 0 Å². The van der Waals surface area contributed by atoms with Crippen LogP contribution in [0.4, 0.5) is 8.78 Å². The Morgan fingerprint density at radius 2 is 1.84 bits per heavy atom. The lowest BCUT2D eigenvalue weighted by atomic mass is 9.82. The minimum atomic E-state index is -2.51. The molecule has 172 valence electrons. The third-order valence-electron chi connectivity index (χ3n) is 6.82. The van der Waals surface area contributed by atoms with Crippen molar-refractivity contribution in [3.05, 3.63) is 51.9 Å². The van der Waals surface area contributed by atoms with Crippen LogP contribution in [0.15, 0.2) is 35.1 Å². The minimum absolute atomic E-state index is 0.0357. The number of nitrogens with zero attached hydrogens (tertiary/aromatic N) is 3. The highest BCUT2D eigenvalue weighted by atomic mass is 19.3. The molecule has 6 nitrogen and oxygen atoms in total. The van der Waals surface area contributed by atoms with Gasteiger partial charge >= 0.3 is 6.01 Å². The molecule has 32 heavy (non-hydrogen) atoms. The van der Waals surface area contributed by atoms with Gasteiger partial charge in [-0.1, -0.05) is 12.1 Å². The van der Waals surface area contributed by atoms with E-state index in [0.29, 0.717) is 37.8 Å². The molecule has 1 saturated heterocycles. The quantitative estimate of drug-likeness (QED) is 0.674. The highest BCUT2D eigenvalue weighted by Gasteiger charge is 2.35. The molecule has 3 aliphatic rings. The fraction of sp³-hybridized carbons (Fsp3) is 0.583. The molecule has 1 aliphatic carbocycles. The summed E-state index contributed by atoms with van der Waals surface area (Å²) in [7, 11) is 0. The maximum atomic E-state index is 13.4. The van der Waals surface area contributed by atoms with Crippen molar-refractivity contribution in [2.45, 2.75) is 69.6 Å². The Kier molecular flexibility index (Phi) is 5.88. The Balaban J connectivity index is 1.17. The lowest BCUT2D eigenvalue weighted by Crippen LogP contribution is -2.25. The predicted molar refractivity (Wildman–Crippen MR) is 116 cm³/mol. The zero-order chi connectivity index (χ0) is 22.1. The Morgan fingerprint density at radius 1 is 1.12 bits per heavy atom. The van der Waals surface area contributed by atoms with E-state index in [9.17, 15) is 13.6 Å². The minimum Gasteiger partial charge on any atom is -0.490 e. The van der Waals surface area contributed by atoms with Crippen LogP contribution < -0.4 is 15.0 Å². The Morgan fingerprint density at radius 3 is 2.56 bits per heavy atom. The summed E-state index contributed by atoms with van der Waals surface area (Å²) in [6.45, 7) is 3.78. The van der Waals surface area contributed by atoms with Gasteiger partial charge in [0.2, 0.25) is 5.92 Å². The SMILES string of the molecule is O=c1cc(CN2CCCC2)n2c(n1)OC(COc1ccc(C3CCC(F)(F)CC3)cc1)C2. The normalized spacial score (nSPS) is 23.1. The number of ether oxygens (including phenoxy) is 2. The van der Waals surface area contributed by atoms with Crippen molar-refractivity contribution < 1.29 is 18.3 Å². The first-order valence-corrected chi connectivity index (χ1v) is 11.6. The van der Waals surface area contributed by atoms with Crippen molar-refractivity contribution in [3.63, 3.8) is 0 Å². The van der Waals surface area contributed by atoms with E-state index in [-0.39, 0.29) is 30.4 Å². The average Bonchev–Trinajstić information content (AvgIpc) is 3.42. The van der Waals surface area contributed by atoms with E-state index in [4.69, 9.17) is 9.47 Å². The van der Waals surface area contributed by atoms with Gasteiger partial charge in [-0.2, -0.15) is 4.98 Å². The van der Waals surface area contributed by atoms with E-state index in [0.717, 1.165) is 30.9 Å². The number of hydrogen-bond acceptors (Lipinski definition) is 5. The van der Waals surface area contributed by atoms with Crippen LogP contribution in [0.2, 0.25) is 0 Å².